The fourth-order valence-electron chi connectivity index (χ4n) is 2.66. The minimum absolute atomic E-state index is 0.0444. The van der Waals surface area contributed by atoms with E-state index in [1.165, 1.54) is 0 Å². The zero-order valence-electron chi connectivity index (χ0n) is 13.3. The number of carboxylic acid groups (broad SMARTS) is 1. The van der Waals surface area contributed by atoms with Gasteiger partial charge in [-0.2, -0.15) is 0 Å². The van der Waals surface area contributed by atoms with Gasteiger partial charge >= 0.3 is 5.97 Å². The number of carboxylic acids is 1. The van der Waals surface area contributed by atoms with Gasteiger partial charge in [0.25, 0.3) is 0 Å². The van der Waals surface area contributed by atoms with Crippen LogP contribution in [0.25, 0.3) is 11.0 Å². The summed E-state index contributed by atoms with van der Waals surface area (Å²) >= 11 is 6.20. The number of hydrogen-bond donors (Lipinski definition) is 2. The molecule has 1 aromatic heterocycles. The fraction of sp³-hybridized carbons (Fsp3) is 0.211. The van der Waals surface area contributed by atoms with Crippen molar-refractivity contribution in [3.8, 4) is 0 Å². The Morgan fingerprint density at radius 3 is 2.79 bits per heavy atom. The third-order valence-corrected chi connectivity index (χ3v) is 4.22. The van der Waals surface area contributed by atoms with Gasteiger partial charge in [0.2, 0.25) is 5.76 Å². The van der Waals surface area contributed by atoms with E-state index >= 15 is 0 Å². The largest absolute Gasteiger partial charge is 0.475 e. The van der Waals surface area contributed by atoms with Crippen molar-refractivity contribution in [3.05, 3.63) is 64.4 Å². The van der Waals surface area contributed by atoms with Crippen LogP contribution in [-0.4, -0.2) is 11.1 Å². The van der Waals surface area contributed by atoms with Gasteiger partial charge in [0.15, 0.2) is 0 Å². The molecule has 2 aromatic carbocycles. The molecule has 1 heterocycles. The molecule has 0 radical (unpaired) electrons. The number of halogens is 1. The average Bonchev–Trinajstić information content (AvgIpc) is 2.99. The monoisotopic (exact) mass is 343 g/mol. The third kappa shape index (κ3) is 3.54. The van der Waals surface area contributed by atoms with E-state index in [1.54, 1.807) is 12.1 Å². The Hall–Kier alpha value is -2.46. The molecular formula is C19H18ClNO3. The molecule has 5 heteroatoms. The number of aryl methyl sites for hydroxylation is 1. The van der Waals surface area contributed by atoms with E-state index in [-0.39, 0.29) is 5.76 Å². The number of nitrogens with one attached hydrogen (secondary N) is 1. The zero-order chi connectivity index (χ0) is 17.1. The van der Waals surface area contributed by atoms with Crippen LogP contribution in [0.1, 0.15) is 35.0 Å². The third-order valence-electron chi connectivity index (χ3n) is 3.85. The molecule has 24 heavy (non-hydrogen) atoms. The number of benzene rings is 2. The standard InChI is InChI=1S/C19H18ClNO3/c1-2-3-13-9-15(5-6-16(13)20)21-11-12-4-7-17-14(8-12)10-18(24-17)19(22)23/h4-10,21H,2-3,11H2,1H3,(H,22,23). The van der Waals surface area contributed by atoms with Gasteiger partial charge in [-0.25, -0.2) is 4.79 Å². The molecule has 0 saturated heterocycles. The summed E-state index contributed by atoms with van der Waals surface area (Å²) in [6.07, 6.45) is 2.00. The van der Waals surface area contributed by atoms with E-state index in [0.717, 1.165) is 40.1 Å². The lowest BCUT2D eigenvalue weighted by Gasteiger charge is -2.10. The average molecular weight is 344 g/mol. The second kappa shape index (κ2) is 6.97. The van der Waals surface area contributed by atoms with Crippen molar-refractivity contribution in [1.29, 1.82) is 0 Å². The van der Waals surface area contributed by atoms with E-state index in [2.05, 4.69) is 18.3 Å². The summed E-state index contributed by atoms with van der Waals surface area (Å²) in [5.41, 5.74) is 3.78. The van der Waals surface area contributed by atoms with Crippen LogP contribution in [0.3, 0.4) is 0 Å². The van der Waals surface area contributed by atoms with Gasteiger partial charge < -0.3 is 14.8 Å². The Bertz CT molecular complexity index is 885. The molecular weight excluding hydrogens is 326 g/mol. The summed E-state index contributed by atoms with van der Waals surface area (Å²) in [7, 11) is 0. The lowest BCUT2D eigenvalue weighted by molar-refractivity contribution is 0.0665. The second-order valence-corrected chi connectivity index (χ2v) is 6.10. The first-order chi connectivity index (χ1) is 11.6. The lowest BCUT2D eigenvalue weighted by Crippen LogP contribution is -2.00. The van der Waals surface area contributed by atoms with Crippen molar-refractivity contribution in [1.82, 2.24) is 0 Å². The highest BCUT2D eigenvalue weighted by Crippen LogP contribution is 2.24. The number of anilines is 1. The van der Waals surface area contributed by atoms with E-state index < -0.39 is 5.97 Å². The second-order valence-electron chi connectivity index (χ2n) is 5.70. The maximum Gasteiger partial charge on any atom is 0.371 e. The summed E-state index contributed by atoms with van der Waals surface area (Å²) in [6.45, 7) is 2.76. The molecule has 0 fully saturated rings. The summed E-state index contributed by atoms with van der Waals surface area (Å²) in [4.78, 5) is 11.0. The summed E-state index contributed by atoms with van der Waals surface area (Å²) < 4.78 is 5.27. The summed E-state index contributed by atoms with van der Waals surface area (Å²) in [6, 6.07) is 13.1. The molecule has 3 rings (SSSR count). The highest BCUT2D eigenvalue weighted by atomic mass is 35.5. The van der Waals surface area contributed by atoms with Gasteiger partial charge in [-0.3, -0.25) is 0 Å². The van der Waals surface area contributed by atoms with Crippen LogP contribution in [0.2, 0.25) is 5.02 Å². The van der Waals surface area contributed by atoms with Crippen LogP contribution in [-0.2, 0) is 13.0 Å². The minimum Gasteiger partial charge on any atom is -0.475 e. The first kappa shape index (κ1) is 16.4. The van der Waals surface area contributed by atoms with Crippen molar-refractivity contribution < 1.29 is 14.3 Å². The lowest BCUT2D eigenvalue weighted by atomic mass is 10.1. The molecule has 2 N–H and O–H groups in total. The molecule has 0 spiro atoms. The number of rotatable bonds is 6. The van der Waals surface area contributed by atoms with Crippen molar-refractivity contribution in [3.63, 3.8) is 0 Å². The molecule has 0 bridgehead atoms. The SMILES string of the molecule is CCCc1cc(NCc2ccc3oc(C(=O)O)cc3c2)ccc1Cl. The van der Waals surface area contributed by atoms with Crippen LogP contribution < -0.4 is 5.32 Å². The Labute approximate surface area is 145 Å². The summed E-state index contributed by atoms with van der Waals surface area (Å²) in [5, 5.41) is 13.9. The Balaban J connectivity index is 1.75. The quantitative estimate of drug-likeness (QED) is 0.633. The molecule has 0 aliphatic carbocycles. The van der Waals surface area contributed by atoms with Crippen LogP contribution >= 0.6 is 11.6 Å². The Morgan fingerprint density at radius 1 is 1.21 bits per heavy atom. The predicted molar refractivity (Wildman–Crippen MR) is 95.9 cm³/mol. The van der Waals surface area contributed by atoms with Gasteiger partial charge in [-0.1, -0.05) is 31.0 Å². The van der Waals surface area contributed by atoms with Crippen LogP contribution in [0.5, 0.6) is 0 Å². The number of fused-ring (bicyclic) bond motifs is 1. The molecule has 3 aromatic rings. The molecule has 0 amide bonds. The van der Waals surface area contributed by atoms with Crippen molar-refractivity contribution >= 4 is 34.2 Å². The molecule has 0 aliphatic rings. The predicted octanol–water partition coefficient (Wildman–Crippen LogP) is 5.35. The van der Waals surface area contributed by atoms with E-state index in [1.807, 2.05) is 24.3 Å². The highest BCUT2D eigenvalue weighted by molar-refractivity contribution is 6.31. The van der Waals surface area contributed by atoms with E-state index in [9.17, 15) is 4.79 Å². The topological polar surface area (TPSA) is 62.5 Å². The van der Waals surface area contributed by atoms with Crippen LogP contribution in [0.15, 0.2) is 46.9 Å². The van der Waals surface area contributed by atoms with Gasteiger partial charge in [0, 0.05) is 22.6 Å². The normalized spacial score (nSPS) is 10.9. The van der Waals surface area contributed by atoms with Crippen LogP contribution in [0, 0.1) is 0 Å². The van der Waals surface area contributed by atoms with Crippen molar-refractivity contribution in [2.45, 2.75) is 26.3 Å². The van der Waals surface area contributed by atoms with Gasteiger partial charge in [-0.15, -0.1) is 0 Å². The van der Waals surface area contributed by atoms with Gasteiger partial charge in [-0.05, 0) is 53.9 Å². The summed E-state index contributed by atoms with van der Waals surface area (Å²) in [5.74, 6) is -1.10. The molecule has 0 atom stereocenters. The fourth-order valence-corrected chi connectivity index (χ4v) is 2.87. The first-order valence-corrected chi connectivity index (χ1v) is 8.22. The van der Waals surface area contributed by atoms with E-state index in [0.29, 0.717) is 12.1 Å². The number of carbonyl (C=O) groups is 1. The number of aromatic carboxylic acids is 1. The molecule has 124 valence electrons. The smallest absolute Gasteiger partial charge is 0.371 e. The zero-order valence-corrected chi connectivity index (χ0v) is 14.1. The Kier molecular flexibility index (Phi) is 4.76. The maximum absolute atomic E-state index is 11.0. The van der Waals surface area contributed by atoms with Crippen molar-refractivity contribution in [2.24, 2.45) is 0 Å². The van der Waals surface area contributed by atoms with Gasteiger partial charge in [0.1, 0.15) is 5.58 Å². The first-order valence-electron chi connectivity index (χ1n) is 7.85. The van der Waals surface area contributed by atoms with Gasteiger partial charge in [0.05, 0.1) is 0 Å². The van der Waals surface area contributed by atoms with Crippen molar-refractivity contribution in [2.75, 3.05) is 5.32 Å². The molecule has 0 saturated carbocycles. The number of hydrogen-bond acceptors (Lipinski definition) is 3. The molecule has 0 aliphatic heterocycles. The molecule has 4 nitrogen and oxygen atoms in total. The highest BCUT2D eigenvalue weighted by Gasteiger charge is 2.10. The number of furan rings is 1. The maximum atomic E-state index is 11.0. The minimum atomic E-state index is -1.06. The van der Waals surface area contributed by atoms with E-state index in [4.69, 9.17) is 21.1 Å². The Morgan fingerprint density at radius 2 is 2.04 bits per heavy atom. The van der Waals surface area contributed by atoms with Crippen LogP contribution in [0.4, 0.5) is 5.69 Å². The molecule has 0 unspecified atom stereocenters.